The van der Waals surface area contributed by atoms with Crippen LogP contribution in [0.2, 0.25) is 0 Å². The van der Waals surface area contributed by atoms with Crippen LogP contribution in [-0.2, 0) is 0 Å². The first-order chi connectivity index (χ1) is 8.79. The van der Waals surface area contributed by atoms with Crippen molar-refractivity contribution in [3.63, 3.8) is 0 Å². The quantitative estimate of drug-likeness (QED) is 0.578. The van der Waals surface area contributed by atoms with Gasteiger partial charge in [0.2, 0.25) is 0 Å². The standard InChI is InChI=1S/C15H16ClFO/c16-10-4-5-12-8-9-14(17)15(11-12)18-13-6-2-1-3-7-13/h8-9,11,13H,1-3,6-7,10H2. The molecular weight excluding hydrogens is 251 g/mol. The molecule has 96 valence electrons. The Labute approximate surface area is 112 Å². The highest BCUT2D eigenvalue weighted by molar-refractivity contribution is 6.19. The summed E-state index contributed by atoms with van der Waals surface area (Å²) >= 11 is 5.50. The zero-order chi connectivity index (χ0) is 12.8. The molecule has 0 atom stereocenters. The van der Waals surface area contributed by atoms with Gasteiger partial charge in [0.05, 0.1) is 12.0 Å². The summed E-state index contributed by atoms with van der Waals surface area (Å²) in [6.07, 6.45) is 5.75. The number of ether oxygens (including phenoxy) is 1. The Balaban J connectivity index is 2.10. The number of halogens is 2. The van der Waals surface area contributed by atoms with Crippen LogP contribution in [-0.4, -0.2) is 12.0 Å². The summed E-state index contributed by atoms with van der Waals surface area (Å²) in [6.45, 7) is 0. The Bertz CT molecular complexity index is 455. The molecular formula is C15H16ClFO. The maximum atomic E-state index is 13.6. The molecule has 0 unspecified atom stereocenters. The summed E-state index contributed by atoms with van der Waals surface area (Å²) in [5.41, 5.74) is 0.739. The second-order valence-electron chi connectivity index (χ2n) is 4.46. The highest BCUT2D eigenvalue weighted by Gasteiger charge is 2.16. The predicted octanol–water partition coefficient (Wildman–Crippen LogP) is 4.13. The number of rotatable bonds is 2. The van der Waals surface area contributed by atoms with Gasteiger partial charge in [-0.1, -0.05) is 18.3 Å². The molecule has 18 heavy (non-hydrogen) atoms. The van der Waals surface area contributed by atoms with Gasteiger partial charge in [-0.15, -0.1) is 11.6 Å². The molecule has 0 amide bonds. The molecule has 0 aromatic heterocycles. The van der Waals surface area contributed by atoms with Crippen LogP contribution in [0.15, 0.2) is 18.2 Å². The van der Waals surface area contributed by atoms with E-state index in [0.29, 0.717) is 5.75 Å². The van der Waals surface area contributed by atoms with E-state index in [9.17, 15) is 4.39 Å². The number of hydrogen-bond acceptors (Lipinski definition) is 1. The Kier molecular flexibility index (Phi) is 4.90. The molecule has 0 N–H and O–H groups in total. The lowest BCUT2D eigenvalue weighted by atomic mass is 9.98. The molecule has 0 radical (unpaired) electrons. The minimum Gasteiger partial charge on any atom is -0.487 e. The van der Waals surface area contributed by atoms with Gasteiger partial charge in [0.25, 0.3) is 0 Å². The van der Waals surface area contributed by atoms with E-state index in [0.717, 1.165) is 31.2 Å². The van der Waals surface area contributed by atoms with Gasteiger partial charge in [0, 0.05) is 5.56 Å². The van der Waals surface area contributed by atoms with Crippen LogP contribution in [0.4, 0.5) is 4.39 Å². The molecule has 0 spiro atoms. The van der Waals surface area contributed by atoms with Gasteiger partial charge in [-0.05, 0) is 43.9 Å². The van der Waals surface area contributed by atoms with Gasteiger partial charge in [-0.3, -0.25) is 0 Å². The van der Waals surface area contributed by atoms with Crippen LogP contribution in [0.3, 0.4) is 0 Å². The molecule has 1 aromatic rings. The average Bonchev–Trinajstić information content (AvgIpc) is 2.41. The average molecular weight is 267 g/mol. The SMILES string of the molecule is Fc1ccc(C#CCCl)cc1OC1CCCCC1. The third-order valence-electron chi connectivity index (χ3n) is 3.08. The molecule has 0 aliphatic heterocycles. The molecule has 1 aliphatic carbocycles. The largest absolute Gasteiger partial charge is 0.487 e. The molecule has 1 fully saturated rings. The summed E-state index contributed by atoms with van der Waals surface area (Å²) in [4.78, 5) is 0. The maximum absolute atomic E-state index is 13.6. The Morgan fingerprint density at radius 2 is 2.06 bits per heavy atom. The second kappa shape index (κ2) is 6.66. The first-order valence-corrected chi connectivity index (χ1v) is 6.84. The first kappa shape index (κ1) is 13.2. The van der Waals surface area contributed by atoms with Crippen LogP contribution in [0, 0.1) is 17.7 Å². The highest BCUT2D eigenvalue weighted by Crippen LogP contribution is 2.26. The summed E-state index contributed by atoms with van der Waals surface area (Å²) in [5.74, 6) is 5.88. The summed E-state index contributed by atoms with van der Waals surface area (Å²) in [6, 6.07) is 4.70. The number of alkyl halides is 1. The lowest BCUT2D eigenvalue weighted by Gasteiger charge is -2.23. The fourth-order valence-corrected chi connectivity index (χ4v) is 2.24. The van der Waals surface area contributed by atoms with Crippen LogP contribution in [0.5, 0.6) is 5.75 Å². The topological polar surface area (TPSA) is 9.23 Å². The van der Waals surface area contributed by atoms with E-state index in [1.165, 1.54) is 12.5 Å². The van der Waals surface area contributed by atoms with Crippen molar-refractivity contribution in [2.24, 2.45) is 0 Å². The van der Waals surface area contributed by atoms with Crippen molar-refractivity contribution in [2.75, 3.05) is 5.88 Å². The van der Waals surface area contributed by atoms with Crippen molar-refractivity contribution in [3.05, 3.63) is 29.6 Å². The molecule has 0 saturated heterocycles. The van der Waals surface area contributed by atoms with Gasteiger partial charge in [-0.2, -0.15) is 0 Å². The van der Waals surface area contributed by atoms with E-state index >= 15 is 0 Å². The molecule has 1 aliphatic rings. The zero-order valence-corrected chi connectivity index (χ0v) is 11.0. The van der Waals surface area contributed by atoms with Gasteiger partial charge >= 0.3 is 0 Å². The van der Waals surface area contributed by atoms with Gasteiger partial charge in [-0.25, -0.2) is 4.39 Å². The van der Waals surface area contributed by atoms with E-state index in [-0.39, 0.29) is 17.8 Å². The number of benzene rings is 1. The van der Waals surface area contributed by atoms with Crippen molar-refractivity contribution in [1.82, 2.24) is 0 Å². The monoisotopic (exact) mass is 266 g/mol. The fourth-order valence-electron chi connectivity index (χ4n) is 2.17. The third kappa shape index (κ3) is 3.65. The third-order valence-corrected chi connectivity index (χ3v) is 3.21. The number of hydrogen-bond donors (Lipinski definition) is 0. The van der Waals surface area contributed by atoms with E-state index in [1.54, 1.807) is 12.1 Å². The van der Waals surface area contributed by atoms with Crippen molar-refractivity contribution < 1.29 is 9.13 Å². The molecule has 0 heterocycles. The molecule has 1 saturated carbocycles. The van der Waals surface area contributed by atoms with Crippen LogP contribution in [0.25, 0.3) is 0 Å². The van der Waals surface area contributed by atoms with Gasteiger partial charge in [0.1, 0.15) is 0 Å². The maximum Gasteiger partial charge on any atom is 0.165 e. The summed E-state index contributed by atoms with van der Waals surface area (Å²) in [7, 11) is 0. The van der Waals surface area contributed by atoms with E-state index in [1.807, 2.05) is 0 Å². The minimum atomic E-state index is -0.322. The molecule has 0 bridgehead atoms. The predicted molar refractivity (Wildman–Crippen MR) is 71.5 cm³/mol. The Morgan fingerprint density at radius 3 is 2.78 bits per heavy atom. The van der Waals surface area contributed by atoms with E-state index in [2.05, 4.69) is 11.8 Å². The van der Waals surface area contributed by atoms with E-state index in [4.69, 9.17) is 16.3 Å². The van der Waals surface area contributed by atoms with Crippen molar-refractivity contribution in [3.8, 4) is 17.6 Å². The normalized spacial score (nSPS) is 15.9. The zero-order valence-electron chi connectivity index (χ0n) is 10.2. The Hall–Kier alpha value is -1.20. The van der Waals surface area contributed by atoms with Crippen LogP contribution < -0.4 is 4.74 Å². The lowest BCUT2D eigenvalue weighted by Crippen LogP contribution is -2.20. The Morgan fingerprint density at radius 1 is 1.28 bits per heavy atom. The lowest BCUT2D eigenvalue weighted by molar-refractivity contribution is 0.148. The molecule has 3 heteroatoms. The first-order valence-electron chi connectivity index (χ1n) is 6.30. The van der Waals surface area contributed by atoms with Crippen LogP contribution >= 0.6 is 11.6 Å². The second-order valence-corrected chi connectivity index (χ2v) is 4.73. The van der Waals surface area contributed by atoms with Gasteiger partial charge in [0.15, 0.2) is 11.6 Å². The van der Waals surface area contributed by atoms with Crippen molar-refractivity contribution in [1.29, 1.82) is 0 Å². The summed E-state index contributed by atoms with van der Waals surface area (Å²) in [5, 5.41) is 0. The van der Waals surface area contributed by atoms with Crippen LogP contribution in [0.1, 0.15) is 37.7 Å². The molecule has 1 nitrogen and oxygen atoms in total. The molecule has 2 rings (SSSR count). The summed E-state index contributed by atoms with van der Waals surface area (Å²) < 4.78 is 19.4. The van der Waals surface area contributed by atoms with Crippen molar-refractivity contribution in [2.45, 2.75) is 38.2 Å². The van der Waals surface area contributed by atoms with Crippen molar-refractivity contribution >= 4 is 11.6 Å². The molecule has 1 aromatic carbocycles. The fraction of sp³-hybridized carbons (Fsp3) is 0.467. The minimum absolute atomic E-state index is 0.143. The smallest absolute Gasteiger partial charge is 0.165 e. The van der Waals surface area contributed by atoms with E-state index < -0.39 is 0 Å². The highest BCUT2D eigenvalue weighted by atomic mass is 35.5. The van der Waals surface area contributed by atoms with Gasteiger partial charge < -0.3 is 4.74 Å².